The minimum atomic E-state index is -0.834. The van der Waals surface area contributed by atoms with Crippen LogP contribution in [0.15, 0.2) is 59.6 Å². The second-order valence-corrected chi connectivity index (χ2v) is 9.59. The predicted molar refractivity (Wildman–Crippen MR) is 134 cm³/mol. The Kier molecular flexibility index (Phi) is 6.30. The van der Waals surface area contributed by atoms with Crippen LogP contribution >= 0.6 is 11.3 Å². The van der Waals surface area contributed by atoms with E-state index in [2.05, 4.69) is 11.9 Å². The van der Waals surface area contributed by atoms with Gasteiger partial charge in [0.15, 0.2) is 5.13 Å². The zero-order valence-electron chi connectivity index (χ0n) is 19.6. The first kappa shape index (κ1) is 23.1. The molecule has 180 valence electrons. The highest BCUT2D eigenvalue weighted by Gasteiger charge is 2.48. The van der Waals surface area contributed by atoms with Gasteiger partial charge in [0, 0.05) is 23.6 Å². The number of rotatable bonds is 7. The summed E-state index contributed by atoms with van der Waals surface area (Å²) in [6.07, 6.45) is 4.28. The van der Waals surface area contributed by atoms with Crippen LogP contribution in [-0.4, -0.2) is 34.5 Å². The molecule has 0 bridgehead atoms. The Bertz CT molecular complexity index is 1300. The summed E-state index contributed by atoms with van der Waals surface area (Å²) in [5, 5.41) is 13.5. The molecular formula is C27H26N2O5S. The number of nitrogens with zero attached hydrogens (tertiary/aromatic N) is 2. The van der Waals surface area contributed by atoms with Crippen LogP contribution in [0.5, 0.6) is 11.5 Å². The first-order valence-corrected chi connectivity index (χ1v) is 12.6. The van der Waals surface area contributed by atoms with Crippen LogP contribution in [0.25, 0.3) is 5.76 Å². The molecule has 35 heavy (non-hydrogen) atoms. The summed E-state index contributed by atoms with van der Waals surface area (Å²) in [7, 11) is 0. The minimum absolute atomic E-state index is 0.0304. The van der Waals surface area contributed by atoms with Gasteiger partial charge in [-0.1, -0.05) is 25.5 Å². The lowest BCUT2D eigenvalue weighted by Crippen LogP contribution is -2.29. The maximum absolute atomic E-state index is 13.3. The monoisotopic (exact) mass is 490 g/mol. The Morgan fingerprint density at radius 3 is 2.89 bits per heavy atom. The topological polar surface area (TPSA) is 89.0 Å². The molecule has 2 aliphatic rings. The molecule has 2 aromatic carbocycles. The number of ether oxygens (including phenoxy) is 2. The lowest BCUT2D eigenvalue weighted by atomic mass is 9.94. The van der Waals surface area contributed by atoms with Crippen molar-refractivity contribution in [3.63, 3.8) is 0 Å². The van der Waals surface area contributed by atoms with Crippen molar-refractivity contribution >= 4 is 33.9 Å². The molecule has 0 saturated carbocycles. The van der Waals surface area contributed by atoms with Crippen molar-refractivity contribution in [1.82, 2.24) is 4.98 Å². The summed E-state index contributed by atoms with van der Waals surface area (Å²) in [5.74, 6) is -0.269. The lowest BCUT2D eigenvalue weighted by Gasteiger charge is -2.23. The molecule has 5 rings (SSSR count). The van der Waals surface area contributed by atoms with E-state index in [1.165, 1.54) is 16.2 Å². The molecule has 1 amide bonds. The summed E-state index contributed by atoms with van der Waals surface area (Å²) in [5.41, 5.74) is 2.12. The third-order valence-corrected chi connectivity index (χ3v) is 6.95. The molecule has 2 aliphatic heterocycles. The smallest absolute Gasteiger partial charge is 0.301 e. The van der Waals surface area contributed by atoms with Crippen LogP contribution < -0.4 is 14.4 Å². The first-order valence-electron chi connectivity index (χ1n) is 11.7. The number of unbranched alkanes of at least 4 members (excludes halogenated alkanes) is 1. The molecule has 0 radical (unpaired) electrons. The van der Waals surface area contributed by atoms with Gasteiger partial charge in [-0.3, -0.25) is 14.5 Å². The average Bonchev–Trinajstić information content (AvgIpc) is 3.57. The quantitative estimate of drug-likeness (QED) is 0.210. The van der Waals surface area contributed by atoms with Gasteiger partial charge in [0.05, 0.1) is 18.2 Å². The van der Waals surface area contributed by atoms with E-state index in [1.807, 2.05) is 37.3 Å². The van der Waals surface area contributed by atoms with Crippen LogP contribution in [0.1, 0.15) is 49.4 Å². The molecule has 0 unspecified atom stereocenters. The van der Waals surface area contributed by atoms with E-state index in [9.17, 15) is 14.7 Å². The van der Waals surface area contributed by atoms with Crippen molar-refractivity contribution < 1.29 is 24.2 Å². The molecule has 0 spiro atoms. The highest BCUT2D eigenvalue weighted by Crippen LogP contribution is 2.44. The van der Waals surface area contributed by atoms with Gasteiger partial charge in [0.2, 0.25) is 0 Å². The Balaban J connectivity index is 1.62. The Hall–Kier alpha value is -3.65. The Morgan fingerprint density at radius 1 is 1.26 bits per heavy atom. The summed E-state index contributed by atoms with van der Waals surface area (Å²) < 4.78 is 11.6. The second kappa shape index (κ2) is 9.54. The number of hydrogen-bond acceptors (Lipinski definition) is 7. The fraction of sp³-hybridized carbons (Fsp3) is 0.296. The highest BCUT2D eigenvalue weighted by atomic mass is 32.1. The number of aliphatic hydroxyl groups excluding tert-OH is 1. The molecular weight excluding hydrogens is 464 g/mol. The Morgan fingerprint density at radius 2 is 2.11 bits per heavy atom. The van der Waals surface area contributed by atoms with E-state index in [4.69, 9.17) is 9.47 Å². The van der Waals surface area contributed by atoms with Crippen LogP contribution in [-0.2, 0) is 16.0 Å². The zero-order valence-corrected chi connectivity index (χ0v) is 20.4. The first-order chi connectivity index (χ1) is 17.0. The lowest BCUT2D eigenvalue weighted by molar-refractivity contribution is -0.132. The summed E-state index contributed by atoms with van der Waals surface area (Å²) in [6, 6.07) is 11.8. The molecule has 3 aromatic rings. The van der Waals surface area contributed by atoms with E-state index in [-0.39, 0.29) is 17.4 Å². The molecule has 1 N–H and O–H groups in total. The zero-order chi connectivity index (χ0) is 24.5. The van der Waals surface area contributed by atoms with Gasteiger partial charge in [0.25, 0.3) is 5.78 Å². The number of carbonyl (C=O) groups excluding carboxylic acids is 2. The molecule has 8 heteroatoms. The van der Waals surface area contributed by atoms with Gasteiger partial charge >= 0.3 is 5.91 Å². The van der Waals surface area contributed by atoms with E-state index >= 15 is 0 Å². The number of amides is 1. The van der Waals surface area contributed by atoms with Crippen molar-refractivity contribution in [2.24, 2.45) is 0 Å². The largest absolute Gasteiger partial charge is 0.507 e. The number of Topliss-reactive ketones (excluding diaryl/α,β-unsaturated/α-hetero) is 1. The number of ketones is 1. The SMILES string of the molecule is CCCCOc1cccc([C@H]2C(=C(O)c3ccc4c(c3)C[C@H](C)O4)C(=O)C(=O)N2c2nccs2)c1. The standard InChI is InChI=1S/C27H26N2O5S/c1-3-4-11-33-20-7-5-6-17(15-20)23-22(25(31)26(32)29(23)27-28-10-12-35-27)24(30)18-8-9-21-19(14-18)13-16(2)34-21/h5-10,12,14-16,23,30H,3-4,11,13H2,1-2H3/t16-,23-/m0/s1. The summed E-state index contributed by atoms with van der Waals surface area (Å²) >= 11 is 1.26. The Labute approximate surface area is 207 Å². The van der Waals surface area contributed by atoms with Crippen LogP contribution in [0.3, 0.4) is 0 Å². The fourth-order valence-electron chi connectivity index (χ4n) is 4.51. The third-order valence-electron chi connectivity index (χ3n) is 6.18. The van der Waals surface area contributed by atoms with E-state index < -0.39 is 17.7 Å². The maximum Gasteiger partial charge on any atom is 0.301 e. The minimum Gasteiger partial charge on any atom is -0.507 e. The van der Waals surface area contributed by atoms with Crippen LogP contribution in [0.4, 0.5) is 5.13 Å². The number of fused-ring (bicyclic) bond motifs is 1. The van der Waals surface area contributed by atoms with Crippen LogP contribution in [0, 0.1) is 0 Å². The van der Waals surface area contributed by atoms with Crippen LogP contribution in [0.2, 0.25) is 0 Å². The molecule has 1 saturated heterocycles. The van der Waals surface area contributed by atoms with Gasteiger partial charge in [-0.2, -0.15) is 0 Å². The number of aliphatic hydroxyl groups is 1. The predicted octanol–water partition coefficient (Wildman–Crippen LogP) is 5.27. The summed E-state index contributed by atoms with van der Waals surface area (Å²) in [4.78, 5) is 32.2. The number of aromatic nitrogens is 1. The molecule has 1 fully saturated rings. The highest BCUT2D eigenvalue weighted by molar-refractivity contribution is 7.14. The van der Waals surface area contributed by atoms with E-state index in [0.29, 0.717) is 35.0 Å². The van der Waals surface area contributed by atoms with E-state index in [0.717, 1.165) is 24.2 Å². The summed E-state index contributed by atoms with van der Waals surface area (Å²) in [6.45, 7) is 4.64. The molecule has 7 nitrogen and oxygen atoms in total. The van der Waals surface area contributed by atoms with Crippen molar-refractivity contribution in [3.8, 4) is 11.5 Å². The molecule has 0 aliphatic carbocycles. The molecule has 1 aromatic heterocycles. The van der Waals surface area contributed by atoms with Crippen molar-refractivity contribution in [3.05, 3.63) is 76.3 Å². The average molecular weight is 491 g/mol. The molecule has 3 heterocycles. The number of benzene rings is 2. The van der Waals surface area contributed by atoms with Crippen molar-refractivity contribution in [2.45, 2.75) is 45.3 Å². The van der Waals surface area contributed by atoms with Gasteiger partial charge in [-0.05, 0) is 54.8 Å². The van der Waals surface area contributed by atoms with Gasteiger partial charge in [-0.15, -0.1) is 11.3 Å². The molecule has 2 atom stereocenters. The normalized spacial score (nSPS) is 20.7. The maximum atomic E-state index is 13.3. The number of thiazole rings is 1. The van der Waals surface area contributed by atoms with Gasteiger partial charge in [0.1, 0.15) is 23.4 Å². The number of carbonyl (C=O) groups is 2. The van der Waals surface area contributed by atoms with E-state index in [1.54, 1.807) is 23.7 Å². The fourth-order valence-corrected chi connectivity index (χ4v) is 5.18. The van der Waals surface area contributed by atoms with Gasteiger partial charge < -0.3 is 14.6 Å². The number of anilines is 1. The van der Waals surface area contributed by atoms with Crippen molar-refractivity contribution in [1.29, 1.82) is 0 Å². The number of hydrogen-bond donors (Lipinski definition) is 1. The van der Waals surface area contributed by atoms with Crippen molar-refractivity contribution in [2.75, 3.05) is 11.5 Å². The van der Waals surface area contributed by atoms with Gasteiger partial charge in [-0.25, -0.2) is 4.98 Å². The second-order valence-electron chi connectivity index (χ2n) is 8.71. The third kappa shape index (κ3) is 4.30.